The van der Waals surface area contributed by atoms with Crippen LogP contribution in [0.4, 0.5) is 11.4 Å². The minimum absolute atomic E-state index is 0.0568. The number of carbonyl (C=O) groups is 1. The number of likely N-dealkylation sites (N-methyl/N-ethyl adjacent to an activating group) is 1. The Balaban J connectivity index is 3.08. The number of nitro groups is 1. The molecular formula is C12H16N2O6. The molecule has 0 aliphatic heterocycles. The summed E-state index contributed by atoms with van der Waals surface area (Å²) in [5.74, 6) is -1.17. The van der Waals surface area contributed by atoms with Crippen molar-refractivity contribution < 1.29 is 24.7 Å². The van der Waals surface area contributed by atoms with E-state index < -0.39 is 17.0 Å². The topological polar surface area (TPSA) is 113 Å². The van der Waals surface area contributed by atoms with E-state index in [-0.39, 0.29) is 30.1 Å². The van der Waals surface area contributed by atoms with Gasteiger partial charge in [-0.15, -0.1) is 0 Å². The zero-order chi connectivity index (χ0) is 15.3. The molecule has 0 saturated heterocycles. The standard InChI is InChI=1S/C12H16N2O6/c1-13(6-9(15)7-20-2)11-5-8(12(16)17)3-4-10(11)14(18)19/h3-5,9,15H,6-7H2,1-2H3,(H,16,17). The van der Waals surface area contributed by atoms with E-state index in [2.05, 4.69) is 0 Å². The third kappa shape index (κ3) is 3.90. The largest absolute Gasteiger partial charge is 0.478 e. The lowest BCUT2D eigenvalue weighted by molar-refractivity contribution is -0.384. The Labute approximate surface area is 115 Å². The maximum Gasteiger partial charge on any atom is 0.335 e. The second-order valence-corrected chi connectivity index (χ2v) is 4.26. The molecule has 8 heteroatoms. The molecule has 0 aromatic heterocycles. The first-order valence-electron chi connectivity index (χ1n) is 5.76. The molecule has 2 N–H and O–H groups in total. The van der Waals surface area contributed by atoms with Crippen molar-refractivity contribution in [3.05, 3.63) is 33.9 Å². The number of carboxylic acids is 1. The summed E-state index contributed by atoms with van der Waals surface area (Å²) in [5.41, 5.74) is -0.147. The van der Waals surface area contributed by atoms with E-state index >= 15 is 0 Å². The average molecular weight is 284 g/mol. The fraction of sp³-hybridized carbons (Fsp3) is 0.417. The number of nitrogens with zero attached hydrogens (tertiary/aromatic N) is 2. The van der Waals surface area contributed by atoms with Gasteiger partial charge < -0.3 is 19.8 Å². The maximum absolute atomic E-state index is 11.0. The van der Waals surface area contributed by atoms with Crippen molar-refractivity contribution in [2.75, 3.05) is 32.2 Å². The van der Waals surface area contributed by atoms with Crippen molar-refractivity contribution in [3.8, 4) is 0 Å². The Bertz CT molecular complexity index is 505. The molecule has 1 unspecified atom stereocenters. The quantitative estimate of drug-likeness (QED) is 0.560. The smallest absolute Gasteiger partial charge is 0.335 e. The Morgan fingerprint density at radius 3 is 2.70 bits per heavy atom. The van der Waals surface area contributed by atoms with E-state index in [9.17, 15) is 20.0 Å². The number of aromatic carboxylic acids is 1. The molecule has 0 spiro atoms. The van der Waals surface area contributed by atoms with Crippen LogP contribution in [-0.2, 0) is 4.74 Å². The number of benzene rings is 1. The summed E-state index contributed by atoms with van der Waals surface area (Å²) in [5, 5.41) is 29.5. The lowest BCUT2D eigenvalue weighted by Crippen LogP contribution is -2.32. The molecule has 0 bridgehead atoms. The lowest BCUT2D eigenvalue weighted by Gasteiger charge is -2.22. The Morgan fingerprint density at radius 2 is 2.20 bits per heavy atom. The highest BCUT2D eigenvalue weighted by molar-refractivity contribution is 5.90. The van der Waals surface area contributed by atoms with Gasteiger partial charge >= 0.3 is 5.97 Å². The van der Waals surface area contributed by atoms with Crippen LogP contribution in [0.15, 0.2) is 18.2 Å². The van der Waals surface area contributed by atoms with Crippen LogP contribution < -0.4 is 4.90 Å². The van der Waals surface area contributed by atoms with Gasteiger partial charge in [-0.2, -0.15) is 0 Å². The van der Waals surface area contributed by atoms with Gasteiger partial charge in [-0.1, -0.05) is 0 Å². The maximum atomic E-state index is 11.0. The molecular weight excluding hydrogens is 268 g/mol. The van der Waals surface area contributed by atoms with E-state index in [1.165, 1.54) is 31.2 Å². The normalized spacial score (nSPS) is 11.9. The van der Waals surface area contributed by atoms with Gasteiger partial charge in [-0.3, -0.25) is 10.1 Å². The summed E-state index contributed by atoms with van der Waals surface area (Å²) in [6, 6.07) is 3.52. The molecule has 0 aliphatic carbocycles. The van der Waals surface area contributed by atoms with Crippen molar-refractivity contribution in [2.45, 2.75) is 6.10 Å². The number of aliphatic hydroxyl groups excluding tert-OH is 1. The van der Waals surface area contributed by atoms with Gasteiger partial charge in [0.15, 0.2) is 0 Å². The number of rotatable bonds is 7. The molecule has 0 radical (unpaired) electrons. The average Bonchev–Trinajstić information content (AvgIpc) is 2.37. The predicted octanol–water partition coefficient (Wildman–Crippen LogP) is 0.737. The number of carboxylic acid groups (broad SMARTS) is 1. The molecule has 1 rings (SSSR count). The molecule has 1 atom stereocenters. The second-order valence-electron chi connectivity index (χ2n) is 4.26. The first kappa shape index (κ1) is 15.9. The summed E-state index contributed by atoms with van der Waals surface area (Å²) in [6.45, 7) is 0.161. The molecule has 1 aromatic carbocycles. The summed E-state index contributed by atoms with van der Waals surface area (Å²) in [6.07, 6.45) is -0.835. The van der Waals surface area contributed by atoms with Crippen molar-refractivity contribution in [1.82, 2.24) is 0 Å². The van der Waals surface area contributed by atoms with E-state index in [1.807, 2.05) is 0 Å². The third-order valence-corrected chi connectivity index (χ3v) is 2.67. The number of hydrogen-bond acceptors (Lipinski definition) is 6. The number of anilines is 1. The molecule has 20 heavy (non-hydrogen) atoms. The second kappa shape index (κ2) is 6.83. The van der Waals surface area contributed by atoms with E-state index in [4.69, 9.17) is 9.84 Å². The summed E-state index contributed by atoms with van der Waals surface area (Å²) >= 11 is 0. The Hall–Kier alpha value is -2.19. The molecule has 110 valence electrons. The van der Waals surface area contributed by atoms with Crippen LogP contribution in [0.25, 0.3) is 0 Å². The van der Waals surface area contributed by atoms with E-state index in [0.717, 1.165) is 6.07 Å². The lowest BCUT2D eigenvalue weighted by atomic mass is 10.1. The van der Waals surface area contributed by atoms with Gasteiger partial charge in [0, 0.05) is 26.8 Å². The number of ether oxygens (including phenoxy) is 1. The van der Waals surface area contributed by atoms with Gasteiger partial charge in [-0.05, 0) is 12.1 Å². The fourth-order valence-electron chi connectivity index (χ4n) is 1.78. The Morgan fingerprint density at radius 1 is 1.55 bits per heavy atom. The zero-order valence-electron chi connectivity index (χ0n) is 11.1. The monoisotopic (exact) mass is 284 g/mol. The Kier molecular flexibility index (Phi) is 5.42. The van der Waals surface area contributed by atoms with Crippen LogP contribution in [0.3, 0.4) is 0 Å². The van der Waals surface area contributed by atoms with Crippen LogP contribution in [0.5, 0.6) is 0 Å². The van der Waals surface area contributed by atoms with Crippen LogP contribution in [0, 0.1) is 10.1 Å². The van der Waals surface area contributed by atoms with Crippen LogP contribution >= 0.6 is 0 Å². The zero-order valence-corrected chi connectivity index (χ0v) is 11.1. The highest BCUT2D eigenvalue weighted by atomic mass is 16.6. The van der Waals surface area contributed by atoms with Crippen molar-refractivity contribution in [3.63, 3.8) is 0 Å². The first-order valence-corrected chi connectivity index (χ1v) is 5.76. The van der Waals surface area contributed by atoms with E-state index in [1.54, 1.807) is 0 Å². The molecule has 0 aliphatic rings. The minimum Gasteiger partial charge on any atom is -0.478 e. The molecule has 1 aromatic rings. The third-order valence-electron chi connectivity index (χ3n) is 2.67. The number of hydrogen-bond donors (Lipinski definition) is 2. The summed E-state index contributed by atoms with van der Waals surface area (Å²) < 4.78 is 4.78. The molecule has 0 fully saturated rings. The number of aliphatic hydroxyl groups is 1. The van der Waals surface area contributed by atoms with Gasteiger partial charge in [0.2, 0.25) is 0 Å². The van der Waals surface area contributed by atoms with Crippen LogP contribution in [-0.4, -0.2) is 54.5 Å². The number of methoxy groups -OCH3 is 1. The SMILES string of the molecule is COCC(O)CN(C)c1cc(C(=O)O)ccc1[N+](=O)[O-]. The van der Waals surface area contributed by atoms with Gasteiger partial charge in [0.25, 0.3) is 5.69 Å². The fourth-order valence-corrected chi connectivity index (χ4v) is 1.78. The summed E-state index contributed by atoms with van der Waals surface area (Å²) in [7, 11) is 2.96. The van der Waals surface area contributed by atoms with Crippen molar-refractivity contribution >= 4 is 17.3 Å². The highest BCUT2D eigenvalue weighted by Gasteiger charge is 2.21. The van der Waals surface area contributed by atoms with Crippen LogP contribution in [0.1, 0.15) is 10.4 Å². The van der Waals surface area contributed by atoms with Gasteiger partial charge in [0.1, 0.15) is 5.69 Å². The van der Waals surface area contributed by atoms with Gasteiger partial charge in [0.05, 0.1) is 23.2 Å². The summed E-state index contributed by atoms with van der Waals surface area (Å²) in [4.78, 5) is 22.7. The number of nitro benzene ring substituents is 1. The molecule has 0 heterocycles. The van der Waals surface area contributed by atoms with Gasteiger partial charge in [-0.25, -0.2) is 4.79 Å². The minimum atomic E-state index is -1.17. The first-order chi connectivity index (χ1) is 9.36. The highest BCUT2D eigenvalue weighted by Crippen LogP contribution is 2.28. The van der Waals surface area contributed by atoms with E-state index in [0.29, 0.717) is 0 Å². The molecule has 8 nitrogen and oxygen atoms in total. The van der Waals surface area contributed by atoms with Crippen molar-refractivity contribution in [1.29, 1.82) is 0 Å². The van der Waals surface area contributed by atoms with Crippen LogP contribution in [0.2, 0.25) is 0 Å². The predicted molar refractivity (Wildman–Crippen MR) is 71.2 cm³/mol. The molecule has 0 saturated carbocycles. The molecule has 0 amide bonds. The van der Waals surface area contributed by atoms with Crippen molar-refractivity contribution in [2.24, 2.45) is 0 Å².